The number of nitrogens with one attached hydrogen (secondary N) is 2. The second-order valence-electron chi connectivity index (χ2n) is 7.20. The first-order valence-corrected chi connectivity index (χ1v) is 9.87. The molecule has 2 aliphatic rings. The Morgan fingerprint density at radius 1 is 1.00 bits per heavy atom. The summed E-state index contributed by atoms with van der Waals surface area (Å²) in [5.74, 6) is -0.0254. The fourth-order valence-electron chi connectivity index (χ4n) is 3.90. The monoisotopic (exact) mass is 365 g/mol. The molecule has 1 aliphatic carbocycles. The molecule has 1 fully saturated rings. The quantitative estimate of drug-likeness (QED) is 0.852. The standard InChI is InChI=1S/C22H27N3O2/c26-22(16-23-21-7-3-5-17-4-1-2-6-20(17)21)24-18-8-10-19(11-9-18)25-12-14-27-15-13-25/h3,5,7-11,23H,1-2,4,6,12-16H2,(H,24,26). The van der Waals surface area contributed by atoms with Gasteiger partial charge in [-0.25, -0.2) is 0 Å². The molecule has 0 unspecified atom stereocenters. The lowest BCUT2D eigenvalue weighted by Crippen LogP contribution is -2.36. The lowest BCUT2D eigenvalue weighted by Gasteiger charge is -2.28. The van der Waals surface area contributed by atoms with Gasteiger partial charge in [0.2, 0.25) is 5.91 Å². The number of carbonyl (C=O) groups is 1. The number of morpholine rings is 1. The Balaban J connectivity index is 1.32. The third kappa shape index (κ3) is 4.42. The Bertz CT molecular complexity index is 783. The molecule has 0 spiro atoms. The molecule has 0 bridgehead atoms. The van der Waals surface area contributed by atoms with Crippen molar-refractivity contribution in [2.24, 2.45) is 0 Å². The predicted octanol–water partition coefficient (Wildman–Crippen LogP) is 3.45. The van der Waals surface area contributed by atoms with E-state index < -0.39 is 0 Å². The average Bonchev–Trinajstić information content (AvgIpc) is 2.73. The minimum absolute atomic E-state index is 0.0254. The molecular weight excluding hydrogens is 338 g/mol. The lowest BCUT2D eigenvalue weighted by atomic mass is 9.90. The molecular formula is C22H27N3O2. The molecule has 0 atom stereocenters. The summed E-state index contributed by atoms with van der Waals surface area (Å²) in [6, 6.07) is 14.4. The minimum Gasteiger partial charge on any atom is -0.378 e. The smallest absolute Gasteiger partial charge is 0.243 e. The van der Waals surface area contributed by atoms with Crippen molar-refractivity contribution in [2.75, 3.05) is 48.4 Å². The molecule has 2 aromatic carbocycles. The largest absolute Gasteiger partial charge is 0.378 e. The van der Waals surface area contributed by atoms with Crippen LogP contribution in [0, 0.1) is 0 Å². The zero-order valence-corrected chi connectivity index (χ0v) is 15.7. The van der Waals surface area contributed by atoms with Crippen molar-refractivity contribution >= 4 is 23.0 Å². The SMILES string of the molecule is O=C(CNc1cccc2c1CCCC2)Nc1ccc(N2CCOCC2)cc1. The van der Waals surface area contributed by atoms with Crippen LogP contribution in [0.1, 0.15) is 24.0 Å². The summed E-state index contributed by atoms with van der Waals surface area (Å²) in [5, 5.41) is 6.30. The summed E-state index contributed by atoms with van der Waals surface area (Å²) < 4.78 is 5.39. The number of rotatable bonds is 5. The molecule has 27 heavy (non-hydrogen) atoms. The van der Waals surface area contributed by atoms with Crippen molar-refractivity contribution in [2.45, 2.75) is 25.7 Å². The van der Waals surface area contributed by atoms with Crippen LogP contribution in [0.15, 0.2) is 42.5 Å². The number of nitrogens with zero attached hydrogens (tertiary/aromatic N) is 1. The van der Waals surface area contributed by atoms with Gasteiger partial charge in [0.15, 0.2) is 0 Å². The molecule has 0 saturated carbocycles. The van der Waals surface area contributed by atoms with Crippen LogP contribution >= 0.6 is 0 Å². The van der Waals surface area contributed by atoms with Crippen molar-refractivity contribution in [3.8, 4) is 0 Å². The average molecular weight is 365 g/mol. The zero-order chi connectivity index (χ0) is 18.5. The molecule has 0 aromatic heterocycles. The number of hydrogen-bond donors (Lipinski definition) is 2. The van der Waals surface area contributed by atoms with E-state index in [0.717, 1.165) is 50.5 Å². The number of anilines is 3. The highest BCUT2D eigenvalue weighted by molar-refractivity contribution is 5.94. The maximum absolute atomic E-state index is 12.3. The van der Waals surface area contributed by atoms with Crippen molar-refractivity contribution in [1.82, 2.24) is 0 Å². The van der Waals surface area contributed by atoms with E-state index >= 15 is 0 Å². The van der Waals surface area contributed by atoms with Gasteiger partial charge in [-0.2, -0.15) is 0 Å². The fraction of sp³-hybridized carbons (Fsp3) is 0.409. The number of benzene rings is 2. The van der Waals surface area contributed by atoms with Crippen LogP contribution in [0.4, 0.5) is 17.1 Å². The highest BCUT2D eigenvalue weighted by Crippen LogP contribution is 2.27. The predicted molar refractivity (Wildman–Crippen MR) is 110 cm³/mol. The minimum atomic E-state index is -0.0254. The number of fused-ring (bicyclic) bond motifs is 1. The van der Waals surface area contributed by atoms with Crippen molar-refractivity contribution < 1.29 is 9.53 Å². The first-order valence-electron chi connectivity index (χ1n) is 9.87. The number of amides is 1. The molecule has 0 radical (unpaired) electrons. The second-order valence-corrected chi connectivity index (χ2v) is 7.20. The van der Waals surface area contributed by atoms with Crippen molar-refractivity contribution in [1.29, 1.82) is 0 Å². The van der Waals surface area contributed by atoms with Gasteiger partial charge in [0, 0.05) is 30.2 Å². The summed E-state index contributed by atoms with van der Waals surface area (Å²) in [4.78, 5) is 14.6. The van der Waals surface area contributed by atoms with Crippen LogP contribution in [0.3, 0.4) is 0 Å². The Kier molecular flexibility index (Phi) is 5.58. The number of hydrogen-bond acceptors (Lipinski definition) is 4. The van der Waals surface area contributed by atoms with Crippen LogP contribution in [0.25, 0.3) is 0 Å². The van der Waals surface area contributed by atoms with Crippen molar-refractivity contribution in [3.05, 3.63) is 53.6 Å². The van der Waals surface area contributed by atoms with Crippen molar-refractivity contribution in [3.63, 3.8) is 0 Å². The van der Waals surface area contributed by atoms with Gasteiger partial charge in [-0.3, -0.25) is 4.79 Å². The van der Waals surface area contributed by atoms with Crippen LogP contribution in [-0.4, -0.2) is 38.8 Å². The van der Waals surface area contributed by atoms with E-state index in [2.05, 4.69) is 45.9 Å². The van der Waals surface area contributed by atoms with Crippen LogP contribution in [-0.2, 0) is 22.4 Å². The van der Waals surface area contributed by atoms with E-state index in [4.69, 9.17) is 4.74 Å². The van der Waals surface area contributed by atoms with Crippen LogP contribution in [0.2, 0.25) is 0 Å². The van der Waals surface area contributed by atoms with E-state index in [1.807, 2.05) is 12.1 Å². The van der Waals surface area contributed by atoms with E-state index in [0.29, 0.717) is 0 Å². The number of aryl methyl sites for hydroxylation is 1. The molecule has 1 saturated heterocycles. The maximum atomic E-state index is 12.3. The highest BCUT2D eigenvalue weighted by Gasteiger charge is 2.14. The van der Waals surface area contributed by atoms with Crippen LogP contribution in [0.5, 0.6) is 0 Å². The van der Waals surface area contributed by atoms with E-state index in [1.54, 1.807) is 0 Å². The number of ether oxygens (including phenoxy) is 1. The van der Waals surface area contributed by atoms with Gasteiger partial charge >= 0.3 is 0 Å². The third-order valence-corrected chi connectivity index (χ3v) is 5.36. The highest BCUT2D eigenvalue weighted by atomic mass is 16.5. The molecule has 2 aromatic rings. The zero-order valence-electron chi connectivity index (χ0n) is 15.7. The molecule has 1 heterocycles. The van der Waals surface area contributed by atoms with Gasteiger partial charge in [-0.05, 0) is 67.1 Å². The third-order valence-electron chi connectivity index (χ3n) is 5.36. The fourth-order valence-corrected chi connectivity index (χ4v) is 3.90. The van der Waals surface area contributed by atoms with E-state index in [9.17, 15) is 4.79 Å². The second kappa shape index (κ2) is 8.44. The van der Waals surface area contributed by atoms with Gasteiger partial charge in [-0.15, -0.1) is 0 Å². The first kappa shape index (κ1) is 17.9. The first-order chi connectivity index (χ1) is 13.3. The van der Waals surface area contributed by atoms with Gasteiger partial charge in [-0.1, -0.05) is 12.1 Å². The molecule has 5 heteroatoms. The summed E-state index contributed by atoms with van der Waals surface area (Å²) in [5.41, 5.74) is 5.90. The molecule has 1 amide bonds. The normalized spacial score (nSPS) is 16.5. The summed E-state index contributed by atoms with van der Waals surface area (Å²) in [7, 11) is 0. The van der Waals surface area contributed by atoms with E-state index in [-0.39, 0.29) is 12.5 Å². The summed E-state index contributed by atoms with van der Waals surface area (Å²) >= 11 is 0. The Morgan fingerprint density at radius 2 is 1.78 bits per heavy atom. The van der Waals surface area contributed by atoms with E-state index in [1.165, 1.54) is 29.7 Å². The number of carbonyl (C=O) groups excluding carboxylic acids is 1. The Morgan fingerprint density at radius 3 is 2.59 bits per heavy atom. The summed E-state index contributed by atoms with van der Waals surface area (Å²) in [6.45, 7) is 3.65. The topological polar surface area (TPSA) is 53.6 Å². The Labute approximate surface area is 160 Å². The molecule has 2 N–H and O–H groups in total. The molecule has 4 rings (SSSR count). The van der Waals surface area contributed by atoms with Crippen LogP contribution < -0.4 is 15.5 Å². The van der Waals surface area contributed by atoms with Gasteiger partial charge < -0.3 is 20.3 Å². The van der Waals surface area contributed by atoms with Gasteiger partial charge in [0.1, 0.15) is 0 Å². The molecule has 142 valence electrons. The van der Waals surface area contributed by atoms with Gasteiger partial charge in [0.05, 0.1) is 19.8 Å². The maximum Gasteiger partial charge on any atom is 0.243 e. The molecule has 1 aliphatic heterocycles. The lowest BCUT2D eigenvalue weighted by molar-refractivity contribution is -0.114. The van der Waals surface area contributed by atoms with Gasteiger partial charge in [0.25, 0.3) is 0 Å². The molecule has 5 nitrogen and oxygen atoms in total. The summed E-state index contributed by atoms with van der Waals surface area (Å²) in [6.07, 6.45) is 4.74. The Hall–Kier alpha value is -2.53.